The van der Waals surface area contributed by atoms with Gasteiger partial charge in [0.25, 0.3) is 0 Å². The molecule has 2 heteroatoms. The molecule has 1 saturated carbocycles. The summed E-state index contributed by atoms with van der Waals surface area (Å²) in [6, 6.07) is 10.3. The maximum absolute atomic E-state index is 10.2. The minimum absolute atomic E-state index is 0.140. The largest absolute Gasteiger partial charge is 0.393 e. The lowest BCUT2D eigenvalue weighted by Gasteiger charge is -2.35. The number of aliphatic hydroxyl groups is 1. The quantitative estimate of drug-likeness (QED) is 0.878. The summed E-state index contributed by atoms with van der Waals surface area (Å²) < 4.78 is 5.80. The fraction of sp³-hybridized carbons (Fsp3) is 0.647. The molecule has 0 saturated heterocycles. The van der Waals surface area contributed by atoms with E-state index in [0.717, 1.165) is 19.4 Å². The van der Waals surface area contributed by atoms with Crippen LogP contribution in [0.15, 0.2) is 30.3 Å². The summed E-state index contributed by atoms with van der Waals surface area (Å²) in [5.74, 6) is 1.52. The fourth-order valence-corrected chi connectivity index (χ4v) is 3.10. The van der Waals surface area contributed by atoms with Crippen LogP contribution in [0.25, 0.3) is 0 Å². The van der Waals surface area contributed by atoms with Crippen molar-refractivity contribution < 1.29 is 9.84 Å². The zero-order valence-corrected chi connectivity index (χ0v) is 12.1. The molecule has 2 rings (SSSR count). The first kappa shape index (κ1) is 14.5. The van der Waals surface area contributed by atoms with Gasteiger partial charge in [-0.3, -0.25) is 0 Å². The molecule has 1 aromatic carbocycles. The smallest absolute Gasteiger partial charge is 0.0717 e. The van der Waals surface area contributed by atoms with Crippen LogP contribution in [0.5, 0.6) is 0 Å². The molecule has 0 amide bonds. The number of ether oxygens (including phenoxy) is 1. The summed E-state index contributed by atoms with van der Waals surface area (Å²) in [4.78, 5) is 0. The first-order valence-corrected chi connectivity index (χ1v) is 7.46. The minimum atomic E-state index is -0.140. The van der Waals surface area contributed by atoms with Crippen molar-refractivity contribution in [2.45, 2.75) is 45.8 Å². The van der Waals surface area contributed by atoms with Gasteiger partial charge < -0.3 is 9.84 Å². The molecule has 1 aliphatic carbocycles. The van der Waals surface area contributed by atoms with E-state index >= 15 is 0 Å². The maximum Gasteiger partial charge on any atom is 0.0717 e. The summed E-state index contributed by atoms with van der Waals surface area (Å²) in [5, 5.41) is 10.2. The Labute approximate surface area is 116 Å². The predicted molar refractivity (Wildman–Crippen MR) is 77.8 cm³/mol. The first-order chi connectivity index (χ1) is 9.16. The molecule has 1 fully saturated rings. The molecule has 1 aliphatic rings. The molecule has 1 aromatic rings. The van der Waals surface area contributed by atoms with Gasteiger partial charge in [-0.15, -0.1) is 0 Å². The number of rotatable bonds is 5. The predicted octanol–water partition coefficient (Wildman–Crippen LogP) is 3.64. The number of benzene rings is 1. The molecule has 4 atom stereocenters. The lowest BCUT2D eigenvalue weighted by atomic mass is 9.75. The molecule has 2 nitrogen and oxygen atoms in total. The number of aliphatic hydroxyl groups excluding tert-OH is 1. The second-order valence-corrected chi connectivity index (χ2v) is 6.13. The van der Waals surface area contributed by atoms with Crippen LogP contribution in [0, 0.1) is 17.8 Å². The topological polar surface area (TPSA) is 29.5 Å². The van der Waals surface area contributed by atoms with Gasteiger partial charge in [-0.2, -0.15) is 0 Å². The standard InChI is InChI=1S/C17H26O2/c1-13-8-9-16(17(18)10-13)14(2)11-19-12-15-6-4-3-5-7-15/h3-7,13-14,16-18H,8-12H2,1-2H3/t13-,14+,16+,17-/m1/s1. The van der Waals surface area contributed by atoms with E-state index in [0.29, 0.717) is 24.4 Å². The van der Waals surface area contributed by atoms with Crippen molar-refractivity contribution >= 4 is 0 Å². The van der Waals surface area contributed by atoms with Crippen LogP contribution < -0.4 is 0 Å². The zero-order valence-electron chi connectivity index (χ0n) is 12.1. The Balaban J connectivity index is 1.73. The van der Waals surface area contributed by atoms with E-state index in [1.807, 2.05) is 18.2 Å². The minimum Gasteiger partial charge on any atom is -0.393 e. The van der Waals surface area contributed by atoms with Gasteiger partial charge in [0.2, 0.25) is 0 Å². The van der Waals surface area contributed by atoms with Crippen LogP contribution in [0.2, 0.25) is 0 Å². The molecule has 0 aromatic heterocycles. The van der Waals surface area contributed by atoms with Gasteiger partial charge in [-0.25, -0.2) is 0 Å². The van der Waals surface area contributed by atoms with Crippen LogP contribution in [-0.4, -0.2) is 17.8 Å². The van der Waals surface area contributed by atoms with Crippen molar-refractivity contribution in [3.05, 3.63) is 35.9 Å². The van der Waals surface area contributed by atoms with Crippen molar-refractivity contribution in [1.29, 1.82) is 0 Å². The van der Waals surface area contributed by atoms with Crippen molar-refractivity contribution in [2.24, 2.45) is 17.8 Å². The van der Waals surface area contributed by atoms with E-state index in [2.05, 4.69) is 26.0 Å². The number of hydrogen-bond donors (Lipinski definition) is 1. The monoisotopic (exact) mass is 262 g/mol. The lowest BCUT2D eigenvalue weighted by Crippen LogP contribution is -2.34. The second kappa shape index (κ2) is 7.06. The third-order valence-corrected chi connectivity index (χ3v) is 4.35. The van der Waals surface area contributed by atoms with Crippen molar-refractivity contribution in [3.8, 4) is 0 Å². The molecule has 0 aliphatic heterocycles. The van der Waals surface area contributed by atoms with E-state index in [4.69, 9.17) is 4.74 Å². The van der Waals surface area contributed by atoms with Gasteiger partial charge in [0.1, 0.15) is 0 Å². The Morgan fingerprint density at radius 1 is 1.26 bits per heavy atom. The highest BCUT2D eigenvalue weighted by atomic mass is 16.5. The summed E-state index contributed by atoms with van der Waals surface area (Å²) in [5.41, 5.74) is 1.22. The van der Waals surface area contributed by atoms with Gasteiger partial charge in [-0.05, 0) is 36.2 Å². The van der Waals surface area contributed by atoms with E-state index in [-0.39, 0.29) is 6.10 Å². The Morgan fingerprint density at radius 2 is 2.00 bits per heavy atom. The summed E-state index contributed by atoms with van der Waals surface area (Å²) in [6.07, 6.45) is 3.19. The van der Waals surface area contributed by atoms with E-state index < -0.39 is 0 Å². The Morgan fingerprint density at radius 3 is 2.68 bits per heavy atom. The van der Waals surface area contributed by atoms with Gasteiger partial charge >= 0.3 is 0 Å². The highest BCUT2D eigenvalue weighted by Crippen LogP contribution is 2.33. The summed E-state index contributed by atoms with van der Waals surface area (Å²) >= 11 is 0. The molecule has 19 heavy (non-hydrogen) atoms. The average Bonchev–Trinajstić information content (AvgIpc) is 2.39. The highest BCUT2D eigenvalue weighted by molar-refractivity contribution is 5.13. The number of hydrogen-bond acceptors (Lipinski definition) is 2. The van der Waals surface area contributed by atoms with Gasteiger partial charge in [0.15, 0.2) is 0 Å². The van der Waals surface area contributed by atoms with Crippen molar-refractivity contribution in [2.75, 3.05) is 6.61 Å². The molecule has 0 radical (unpaired) electrons. The normalized spacial score (nSPS) is 29.1. The lowest BCUT2D eigenvalue weighted by molar-refractivity contribution is -0.0105. The molecule has 0 heterocycles. The third-order valence-electron chi connectivity index (χ3n) is 4.35. The summed E-state index contributed by atoms with van der Waals surface area (Å²) in [6.45, 7) is 5.85. The molecular weight excluding hydrogens is 236 g/mol. The van der Waals surface area contributed by atoms with Crippen LogP contribution >= 0.6 is 0 Å². The molecular formula is C17H26O2. The average molecular weight is 262 g/mol. The van der Waals surface area contributed by atoms with Crippen molar-refractivity contribution in [3.63, 3.8) is 0 Å². The molecule has 0 unspecified atom stereocenters. The van der Waals surface area contributed by atoms with Gasteiger partial charge in [-0.1, -0.05) is 50.6 Å². The maximum atomic E-state index is 10.2. The van der Waals surface area contributed by atoms with Crippen molar-refractivity contribution in [1.82, 2.24) is 0 Å². The van der Waals surface area contributed by atoms with E-state index in [9.17, 15) is 5.11 Å². The van der Waals surface area contributed by atoms with Gasteiger partial charge in [0.05, 0.1) is 12.7 Å². The molecule has 1 N–H and O–H groups in total. The summed E-state index contributed by atoms with van der Waals surface area (Å²) in [7, 11) is 0. The Hall–Kier alpha value is -0.860. The van der Waals surface area contributed by atoms with Crippen LogP contribution in [0.1, 0.15) is 38.7 Å². The Kier molecular flexibility index (Phi) is 5.41. The zero-order chi connectivity index (χ0) is 13.7. The fourth-order valence-electron chi connectivity index (χ4n) is 3.10. The SMILES string of the molecule is C[C@@H]1CC[C@@H]([C@@H](C)COCc2ccccc2)[C@H](O)C1. The first-order valence-electron chi connectivity index (χ1n) is 7.46. The van der Waals surface area contributed by atoms with E-state index in [1.54, 1.807) is 0 Å². The Bertz CT molecular complexity index is 363. The second-order valence-electron chi connectivity index (χ2n) is 6.13. The van der Waals surface area contributed by atoms with Gasteiger partial charge in [0, 0.05) is 6.61 Å². The van der Waals surface area contributed by atoms with Crippen LogP contribution in [0.4, 0.5) is 0 Å². The molecule has 0 bridgehead atoms. The highest BCUT2D eigenvalue weighted by Gasteiger charge is 2.30. The third kappa shape index (κ3) is 4.32. The van der Waals surface area contributed by atoms with Crippen LogP contribution in [0.3, 0.4) is 0 Å². The molecule has 106 valence electrons. The van der Waals surface area contributed by atoms with E-state index in [1.165, 1.54) is 12.0 Å². The van der Waals surface area contributed by atoms with Crippen LogP contribution in [-0.2, 0) is 11.3 Å². The molecule has 0 spiro atoms.